The SMILES string of the molecule is CCCC1CN(C(=O)c2ccc(-c3cc(C(F)(F)F)c4oc(CNC=O)cc4c3)nc2)CCO1. The van der Waals surface area contributed by atoms with E-state index in [0.717, 1.165) is 18.9 Å². The number of rotatable bonds is 7. The van der Waals surface area contributed by atoms with Gasteiger partial charge in [0.15, 0.2) is 0 Å². The summed E-state index contributed by atoms with van der Waals surface area (Å²) in [6, 6.07) is 7.08. The Morgan fingerprint density at radius 3 is 2.79 bits per heavy atom. The Hall–Kier alpha value is -3.40. The lowest BCUT2D eigenvalue weighted by Gasteiger charge is -2.33. The van der Waals surface area contributed by atoms with Gasteiger partial charge in [-0.25, -0.2) is 0 Å². The molecule has 1 fully saturated rings. The molecule has 2 aromatic heterocycles. The van der Waals surface area contributed by atoms with Crippen molar-refractivity contribution < 1.29 is 31.9 Å². The molecular formula is C24H24F3N3O4. The van der Waals surface area contributed by atoms with Crippen LogP contribution >= 0.6 is 0 Å². The van der Waals surface area contributed by atoms with Gasteiger partial charge in [0, 0.05) is 30.2 Å². The Labute approximate surface area is 193 Å². The van der Waals surface area contributed by atoms with Crippen LogP contribution in [0.4, 0.5) is 13.2 Å². The number of nitrogens with zero attached hydrogens (tertiary/aromatic N) is 2. The van der Waals surface area contributed by atoms with Crippen molar-refractivity contribution in [3.05, 3.63) is 53.4 Å². The highest BCUT2D eigenvalue weighted by Crippen LogP contribution is 2.39. The molecule has 0 radical (unpaired) electrons. The Morgan fingerprint density at radius 1 is 1.29 bits per heavy atom. The van der Waals surface area contributed by atoms with Crippen molar-refractivity contribution in [2.45, 2.75) is 38.6 Å². The number of furan rings is 1. The highest BCUT2D eigenvalue weighted by molar-refractivity contribution is 5.94. The topological polar surface area (TPSA) is 84.7 Å². The van der Waals surface area contributed by atoms with E-state index in [1.165, 1.54) is 18.3 Å². The molecule has 3 heterocycles. The second kappa shape index (κ2) is 9.84. The van der Waals surface area contributed by atoms with E-state index in [9.17, 15) is 22.8 Å². The predicted molar refractivity (Wildman–Crippen MR) is 118 cm³/mol. The molecule has 0 saturated carbocycles. The van der Waals surface area contributed by atoms with Crippen molar-refractivity contribution in [3.8, 4) is 11.3 Å². The number of ether oxygens (including phenoxy) is 1. The van der Waals surface area contributed by atoms with Crippen LogP contribution < -0.4 is 5.32 Å². The summed E-state index contributed by atoms with van der Waals surface area (Å²) in [4.78, 5) is 29.4. The smallest absolute Gasteiger partial charge is 0.420 e. The fourth-order valence-corrected chi connectivity index (χ4v) is 4.07. The van der Waals surface area contributed by atoms with Gasteiger partial charge in [0.1, 0.15) is 11.3 Å². The molecule has 1 unspecified atom stereocenters. The Balaban J connectivity index is 1.61. The molecule has 0 spiro atoms. The average molecular weight is 475 g/mol. The molecule has 1 atom stereocenters. The van der Waals surface area contributed by atoms with E-state index >= 15 is 0 Å². The molecule has 10 heteroatoms. The number of aromatic nitrogens is 1. The molecule has 2 amide bonds. The molecule has 0 bridgehead atoms. The average Bonchev–Trinajstić information content (AvgIpc) is 3.24. The van der Waals surface area contributed by atoms with Crippen LogP contribution in [0.25, 0.3) is 22.2 Å². The molecule has 1 saturated heterocycles. The maximum atomic E-state index is 13.7. The number of alkyl halides is 3. The number of benzene rings is 1. The number of hydrogen-bond acceptors (Lipinski definition) is 5. The van der Waals surface area contributed by atoms with E-state index < -0.39 is 11.7 Å². The molecule has 7 nitrogen and oxygen atoms in total. The number of halogens is 3. The van der Waals surface area contributed by atoms with Crippen LogP contribution in [0, 0.1) is 0 Å². The first-order valence-corrected chi connectivity index (χ1v) is 11.0. The van der Waals surface area contributed by atoms with Crippen LogP contribution in [0.1, 0.15) is 41.4 Å². The molecule has 1 N–H and O–H groups in total. The Bertz CT molecular complexity index is 1170. The summed E-state index contributed by atoms with van der Waals surface area (Å²) in [6.45, 7) is 3.48. The summed E-state index contributed by atoms with van der Waals surface area (Å²) in [5.41, 5.74) is -0.342. The van der Waals surface area contributed by atoms with Gasteiger partial charge in [-0.05, 0) is 36.8 Å². The van der Waals surface area contributed by atoms with Gasteiger partial charge >= 0.3 is 6.18 Å². The molecular weight excluding hydrogens is 451 g/mol. The van der Waals surface area contributed by atoms with Crippen LogP contribution in [0.2, 0.25) is 0 Å². The zero-order valence-electron chi connectivity index (χ0n) is 18.5. The maximum Gasteiger partial charge on any atom is 0.420 e. The van der Waals surface area contributed by atoms with Gasteiger partial charge in [-0.2, -0.15) is 13.2 Å². The van der Waals surface area contributed by atoms with E-state index in [0.29, 0.717) is 37.4 Å². The number of amides is 2. The van der Waals surface area contributed by atoms with Crippen LogP contribution in [0.3, 0.4) is 0 Å². The Kier molecular flexibility index (Phi) is 6.87. The standard InChI is InChI=1S/C24H24F3N3O4/c1-2-3-18-13-30(6-7-33-18)23(32)15-4-5-21(29-11-15)16-8-17-9-19(12-28-14-31)34-22(17)20(10-16)24(25,26)27/h4-5,8-11,14,18H,2-3,6-7,12-13H2,1H3,(H,28,31). The molecule has 0 aliphatic carbocycles. The lowest BCUT2D eigenvalue weighted by atomic mass is 10.0. The van der Waals surface area contributed by atoms with Crippen LogP contribution in [-0.4, -0.2) is 48.0 Å². The van der Waals surface area contributed by atoms with Gasteiger partial charge in [0.25, 0.3) is 5.91 Å². The van der Waals surface area contributed by atoms with Gasteiger partial charge in [0.2, 0.25) is 6.41 Å². The second-order valence-electron chi connectivity index (χ2n) is 8.12. The van der Waals surface area contributed by atoms with E-state index in [1.807, 2.05) is 0 Å². The highest BCUT2D eigenvalue weighted by Gasteiger charge is 2.35. The molecule has 1 aliphatic rings. The van der Waals surface area contributed by atoms with Crippen molar-refractivity contribution in [1.29, 1.82) is 0 Å². The lowest BCUT2D eigenvalue weighted by molar-refractivity contribution is -0.136. The quantitative estimate of drug-likeness (QED) is 0.512. The van der Waals surface area contributed by atoms with Crippen LogP contribution in [-0.2, 0) is 22.3 Å². The van der Waals surface area contributed by atoms with Crippen molar-refractivity contribution in [2.24, 2.45) is 0 Å². The molecule has 34 heavy (non-hydrogen) atoms. The summed E-state index contributed by atoms with van der Waals surface area (Å²) in [6.07, 6.45) is -0.997. The van der Waals surface area contributed by atoms with Gasteiger partial charge in [-0.3, -0.25) is 14.6 Å². The second-order valence-corrected chi connectivity index (χ2v) is 8.12. The van der Waals surface area contributed by atoms with E-state index in [1.54, 1.807) is 17.0 Å². The van der Waals surface area contributed by atoms with Crippen LogP contribution in [0.5, 0.6) is 0 Å². The van der Waals surface area contributed by atoms with Crippen molar-refractivity contribution in [1.82, 2.24) is 15.2 Å². The van der Waals surface area contributed by atoms with E-state index in [4.69, 9.17) is 9.15 Å². The summed E-state index contributed by atoms with van der Waals surface area (Å²) in [7, 11) is 0. The molecule has 180 valence electrons. The van der Waals surface area contributed by atoms with Gasteiger partial charge in [0.05, 0.1) is 36.1 Å². The summed E-state index contributed by atoms with van der Waals surface area (Å²) < 4.78 is 52.2. The largest absolute Gasteiger partial charge is 0.459 e. The summed E-state index contributed by atoms with van der Waals surface area (Å²) >= 11 is 0. The van der Waals surface area contributed by atoms with E-state index in [2.05, 4.69) is 17.2 Å². The first-order valence-electron chi connectivity index (χ1n) is 11.0. The van der Waals surface area contributed by atoms with Gasteiger partial charge < -0.3 is 19.4 Å². The minimum Gasteiger partial charge on any atom is -0.459 e. The number of hydrogen-bond donors (Lipinski definition) is 1. The number of pyridine rings is 1. The number of fused-ring (bicyclic) bond motifs is 1. The number of carbonyl (C=O) groups is 2. The zero-order chi connectivity index (χ0) is 24.3. The van der Waals surface area contributed by atoms with Crippen molar-refractivity contribution in [2.75, 3.05) is 19.7 Å². The maximum absolute atomic E-state index is 13.7. The predicted octanol–water partition coefficient (Wildman–Crippen LogP) is 4.40. The Morgan fingerprint density at radius 2 is 2.12 bits per heavy atom. The molecule has 3 aromatic rings. The van der Waals surface area contributed by atoms with Crippen LogP contribution in [0.15, 0.2) is 40.9 Å². The summed E-state index contributed by atoms with van der Waals surface area (Å²) in [5, 5.41) is 2.61. The fraction of sp³-hybridized carbons (Fsp3) is 0.375. The van der Waals surface area contributed by atoms with E-state index in [-0.39, 0.29) is 40.8 Å². The van der Waals surface area contributed by atoms with Crippen molar-refractivity contribution in [3.63, 3.8) is 0 Å². The van der Waals surface area contributed by atoms with Gasteiger partial charge in [-0.15, -0.1) is 0 Å². The third-order valence-electron chi connectivity index (χ3n) is 5.68. The summed E-state index contributed by atoms with van der Waals surface area (Å²) in [5.74, 6) is 0.0163. The third kappa shape index (κ3) is 5.06. The zero-order valence-corrected chi connectivity index (χ0v) is 18.5. The first-order chi connectivity index (χ1) is 16.3. The third-order valence-corrected chi connectivity index (χ3v) is 5.68. The minimum atomic E-state index is -4.65. The lowest BCUT2D eigenvalue weighted by Crippen LogP contribution is -2.45. The normalized spacial score (nSPS) is 16.6. The number of morpholine rings is 1. The first kappa shape index (κ1) is 23.7. The fourth-order valence-electron chi connectivity index (χ4n) is 4.07. The van der Waals surface area contributed by atoms with Gasteiger partial charge in [-0.1, -0.05) is 13.3 Å². The monoisotopic (exact) mass is 475 g/mol. The molecule has 4 rings (SSSR count). The molecule has 1 aromatic carbocycles. The van der Waals surface area contributed by atoms with Crippen molar-refractivity contribution >= 4 is 23.3 Å². The number of nitrogens with one attached hydrogen (secondary N) is 1. The minimum absolute atomic E-state index is 0.00373. The number of carbonyl (C=O) groups excluding carboxylic acids is 2. The molecule has 1 aliphatic heterocycles. The highest BCUT2D eigenvalue weighted by atomic mass is 19.4.